The molecular formula is C28H28Br2N4O2. The highest BCUT2D eigenvalue weighted by Gasteiger charge is 2.16. The van der Waals surface area contributed by atoms with Crippen LogP contribution in [0.4, 0.5) is 5.69 Å². The summed E-state index contributed by atoms with van der Waals surface area (Å²) in [5.74, 6) is 1.38. The van der Waals surface area contributed by atoms with Crippen LogP contribution < -0.4 is 15.2 Å². The third-order valence-electron chi connectivity index (χ3n) is 6.02. The smallest absolute Gasteiger partial charge is 0.282 e. The summed E-state index contributed by atoms with van der Waals surface area (Å²) in [4.78, 5) is 20.3. The molecule has 1 aromatic heterocycles. The Hall–Kier alpha value is -2.97. The summed E-state index contributed by atoms with van der Waals surface area (Å²) >= 11 is 6.93. The number of rotatable bonds is 8. The van der Waals surface area contributed by atoms with E-state index in [2.05, 4.69) is 50.8 Å². The molecule has 8 heteroatoms. The molecule has 0 amide bonds. The Labute approximate surface area is 227 Å². The van der Waals surface area contributed by atoms with E-state index in [1.54, 1.807) is 12.3 Å². The molecule has 0 saturated heterocycles. The van der Waals surface area contributed by atoms with Crippen molar-refractivity contribution in [3.05, 3.63) is 96.9 Å². The molecule has 4 rings (SSSR count). The van der Waals surface area contributed by atoms with Gasteiger partial charge >= 0.3 is 0 Å². The van der Waals surface area contributed by atoms with Crippen molar-refractivity contribution in [2.75, 3.05) is 19.0 Å². The lowest BCUT2D eigenvalue weighted by Gasteiger charge is -2.17. The van der Waals surface area contributed by atoms with Crippen LogP contribution in [-0.2, 0) is 6.61 Å². The molecule has 0 fully saturated rings. The Morgan fingerprint density at radius 3 is 2.47 bits per heavy atom. The molecule has 0 aliphatic rings. The van der Waals surface area contributed by atoms with E-state index in [0.717, 1.165) is 32.2 Å². The fourth-order valence-corrected chi connectivity index (χ4v) is 4.30. The molecule has 0 aliphatic heterocycles. The average Bonchev–Trinajstić information content (AvgIpc) is 2.87. The van der Waals surface area contributed by atoms with Crippen molar-refractivity contribution in [1.29, 1.82) is 0 Å². The van der Waals surface area contributed by atoms with Gasteiger partial charge in [0.1, 0.15) is 18.2 Å². The molecule has 1 atom stereocenters. The van der Waals surface area contributed by atoms with Crippen LogP contribution in [0.5, 0.6) is 5.75 Å². The van der Waals surface area contributed by atoms with E-state index in [9.17, 15) is 4.79 Å². The Morgan fingerprint density at radius 2 is 1.78 bits per heavy atom. The van der Waals surface area contributed by atoms with E-state index in [0.29, 0.717) is 29.1 Å². The summed E-state index contributed by atoms with van der Waals surface area (Å²) < 4.78 is 9.48. The molecule has 0 spiro atoms. The first-order valence-corrected chi connectivity index (χ1v) is 13.3. The number of anilines is 1. The van der Waals surface area contributed by atoms with E-state index in [1.165, 1.54) is 4.68 Å². The number of fused-ring (bicyclic) bond motifs is 1. The molecule has 1 heterocycles. The molecule has 36 heavy (non-hydrogen) atoms. The molecule has 0 N–H and O–H groups in total. The fraction of sp³-hybridized carbons (Fsp3) is 0.250. The van der Waals surface area contributed by atoms with Gasteiger partial charge in [0.25, 0.3) is 5.56 Å². The summed E-state index contributed by atoms with van der Waals surface area (Å²) in [5.41, 5.74) is 3.30. The third kappa shape index (κ3) is 5.87. The summed E-state index contributed by atoms with van der Waals surface area (Å²) in [7, 11) is 3.97. The van der Waals surface area contributed by atoms with Gasteiger partial charge in [0.15, 0.2) is 0 Å². The van der Waals surface area contributed by atoms with E-state index < -0.39 is 0 Å². The normalized spacial score (nSPS) is 12.3. The molecule has 186 valence electrons. The molecule has 0 saturated carbocycles. The molecule has 0 radical (unpaired) electrons. The van der Waals surface area contributed by atoms with Crippen molar-refractivity contribution in [3.8, 4) is 5.75 Å². The highest BCUT2D eigenvalue weighted by atomic mass is 79.9. The highest BCUT2D eigenvalue weighted by Crippen LogP contribution is 2.26. The number of benzene rings is 3. The lowest BCUT2D eigenvalue weighted by Crippen LogP contribution is -2.23. The van der Waals surface area contributed by atoms with Gasteiger partial charge in [-0.2, -0.15) is 9.78 Å². The topological polar surface area (TPSA) is 59.7 Å². The Balaban J connectivity index is 1.76. The molecule has 4 aromatic rings. The van der Waals surface area contributed by atoms with Crippen molar-refractivity contribution in [2.24, 2.45) is 5.10 Å². The van der Waals surface area contributed by atoms with Crippen molar-refractivity contribution in [1.82, 2.24) is 9.66 Å². The highest BCUT2D eigenvalue weighted by molar-refractivity contribution is 9.10. The fourth-order valence-electron chi connectivity index (χ4n) is 3.67. The second-order valence-electron chi connectivity index (χ2n) is 8.83. The first-order chi connectivity index (χ1) is 17.3. The van der Waals surface area contributed by atoms with Gasteiger partial charge in [-0.3, -0.25) is 4.79 Å². The lowest BCUT2D eigenvalue weighted by molar-refractivity contribution is 0.306. The quantitative estimate of drug-likeness (QED) is 0.202. The third-order valence-corrected chi connectivity index (χ3v) is 7.04. The van der Waals surface area contributed by atoms with Crippen molar-refractivity contribution in [3.63, 3.8) is 0 Å². The summed E-state index contributed by atoms with van der Waals surface area (Å²) in [6.07, 6.45) is 2.51. The molecule has 6 nitrogen and oxygen atoms in total. The summed E-state index contributed by atoms with van der Waals surface area (Å²) in [5, 5.41) is 5.15. The minimum Gasteiger partial charge on any atom is -0.488 e. The maximum Gasteiger partial charge on any atom is 0.282 e. The Kier molecular flexibility index (Phi) is 8.26. The van der Waals surface area contributed by atoms with Gasteiger partial charge in [-0.1, -0.05) is 57.8 Å². The largest absolute Gasteiger partial charge is 0.488 e. The van der Waals surface area contributed by atoms with E-state index >= 15 is 0 Å². The van der Waals surface area contributed by atoms with Crippen molar-refractivity contribution < 1.29 is 4.74 Å². The average molecular weight is 612 g/mol. The summed E-state index contributed by atoms with van der Waals surface area (Å²) in [6.45, 7) is 4.54. The SMILES string of the molecule is CC[C@H](C)c1nc2ccc(Br)cc2c(=O)n1N=Cc1ccc(N(C)C)cc1OCc1ccc(Br)cc1. The first kappa shape index (κ1) is 26.1. The van der Waals surface area contributed by atoms with Gasteiger partial charge in [-0.15, -0.1) is 0 Å². The van der Waals surface area contributed by atoms with Crippen molar-refractivity contribution >= 4 is 54.7 Å². The second-order valence-corrected chi connectivity index (χ2v) is 10.7. The predicted molar refractivity (Wildman–Crippen MR) is 155 cm³/mol. The van der Waals surface area contributed by atoms with Crippen LogP contribution in [0, 0.1) is 0 Å². The van der Waals surface area contributed by atoms with E-state index in [1.807, 2.05) is 73.6 Å². The number of aromatic nitrogens is 2. The standard InChI is InChI=1S/C28H28Br2N4O2/c1-5-18(2)27-32-25-13-11-22(30)14-24(25)28(35)34(27)31-16-20-8-12-23(33(3)4)15-26(20)36-17-19-6-9-21(29)10-7-19/h6-16,18H,5,17H2,1-4H3/t18-/m0/s1. The van der Waals surface area contributed by atoms with Crippen LogP contribution in [0.25, 0.3) is 10.9 Å². The second kappa shape index (κ2) is 11.4. The van der Waals surface area contributed by atoms with Gasteiger partial charge < -0.3 is 9.64 Å². The van der Waals surface area contributed by atoms with Crippen LogP contribution in [-0.4, -0.2) is 30.0 Å². The van der Waals surface area contributed by atoms with Crippen LogP contribution in [0.2, 0.25) is 0 Å². The number of nitrogens with zero attached hydrogens (tertiary/aromatic N) is 4. The van der Waals surface area contributed by atoms with Gasteiger partial charge in [-0.25, -0.2) is 4.98 Å². The van der Waals surface area contributed by atoms with Crippen LogP contribution >= 0.6 is 31.9 Å². The van der Waals surface area contributed by atoms with Gasteiger partial charge in [0.2, 0.25) is 0 Å². The number of ether oxygens (including phenoxy) is 1. The minimum atomic E-state index is -0.199. The Bertz CT molecular complexity index is 1460. The number of halogens is 2. The van der Waals surface area contributed by atoms with Gasteiger partial charge in [0, 0.05) is 46.3 Å². The van der Waals surface area contributed by atoms with E-state index in [-0.39, 0.29) is 11.5 Å². The molecule has 0 bridgehead atoms. The molecule has 0 unspecified atom stereocenters. The van der Waals surface area contributed by atoms with Crippen LogP contribution in [0.3, 0.4) is 0 Å². The maximum atomic E-state index is 13.5. The number of hydrogen-bond acceptors (Lipinski definition) is 5. The van der Waals surface area contributed by atoms with Crippen molar-refractivity contribution in [2.45, 2.75) is 32.8 Å². The minimum absolute atomic E-state index is 0.0622. The maximum absolute atomic E-state index is 13.5. The lowest BCUT2D eigenvalue weighted by atomic mass is 10.1. The molecule has 0 aliphatic carbocycles. The first-order valence-electron chi connectivity index (χ1n) is 11.7. The monoisotopic (exact) mass is 610 g/mol. The zero-order chi connectivity index (χ0) is 25.8. The van der Waals surface area contributed by atoms with Crippen LogP contribution in [0.15, 0.2) is 79.5 Å². The van der Waals surface area contributed by atoms with Gasteiger partial charge in [-0.05, 0) is 54.4 Å². The predicted octanol–water partition coefficient (Wildman–Crippen LogP) is 6.96. The Morgan fingerprint density at radius 1 is 1.06 bits per heavy atom. The van der Waals surface area contributed by atoms with Gasteiger partial charge in [0.05, 0.1) is 17.1 Å². The van der Waals surface area contributed by atoms with E-state index in [4.69, 9.17) is 9.72 Å². The summed E-state index contributed by atoms with van der Waals surface area (Å²) in [6, 6.07) is 19.5. The molecular weight excluding hydrogens is 584 g/mol. The van der Waals surface area contributed by atoms with Crippen LogP contribution in [0.1, 0.15) is 43.1 Å². The zero-order valence-corrected chi connectivity index (χ0v) is 23.9. The zero-order valence-electron chi connectivity index (χ0n) is 20.7. The molecule has 3 aromatic carbocycles. The number of hydrogen-bond donors (Lipinski definition) is 0.